The minimum Gasteiger partial charge on any atom is -0.497 e. The van der Waals surface area contributed by atoms with Gasteiger partial charge in [-0.1, -0.05) is 0 Å². The largest absolute Gasteiger partial charge is 0.497 e. The summed E-state index contributed by atoms with van der Waals surface area (Å²) in [6, 6.07) is 12.1. The summed E-state index contributed by atoms with van der Waals surface area (Å²) in [5, 5.41) is 2.04. The first kappa shape index (κ1) is 21.8. The second-order valence-corrected chi connectivity index (χ2v) is 9.81. The molecule has 2 aliphatic rings. The molecular formula is C25H30N4O3S. The van der Waals surface area contributed by atoms with Crippen LogP contribution in [0.1, 0.15) is 23.3 Å². The van der Waals surface area contributed by atoms with Gasteiger partial charge in [0, 0.05) is 52.0 Å². The van der Waals surface area contributed by atoms with Gasteiger partial charge in [-0.25, -0.2) is 0 Å². The molecule has 8 heteroatoms. The van der Waals surface area contributed by atoms with Crippen molar-refractivity contribution in [2.24, 2.45) is 13.0 Å². The number of nitrogens with zero attached hydrogens (tertiary/aromatic N) is 4. The minimum absolute atomic E-state index is 0.0303. The molecule has 0 saturated carbocycles. The first-order chi connectivity index (χ1) is 16.0. The molecule has 7 nitrogen and oxygen atoms in total. The van der Waals surface area contributed by atoms with Crippen LogP contribution in [-0.4, -0.2) is 72.6 Å². The van der Waals surface area contributed by atoms with Gasteiger partial charge in [0.2, 0.25) is 5.91 Å². The lowest BCUT2D eigenvalue weighted by molar-refractivity contribution is -0.137. The number of anilines is 1. The lowest BCUT2D eigenvalue weighted by Gasteiger charge is -2.39. The molecule has 2 saturated heterocycles. The molecule has 0 radical (unpaired) electrons. The van der Waals surface area contributed by atoms with Crippen LogP contribution < -0.4 is 9.64 Å². The maximum Gasteiger partial charge on any atom is 0.270 e. The number of rotatable bonds is 4. The highest BCUT2D eigenvalue weighted by atomic mass is 32.1. The van der Waals surface area contributed by atoms with E-state index in [1.807, 2.05) is 51.1 Å². The highest BCUT2D eigenvalue weighted by Gasteiger charge is 2.33. The molecule has 0 spiro atoms. The van der Waals surface area contributed by atoms with Crippen molar-refractivity contribution in [3.8, 4) is 5.75 Å². The normalized spacial score (nSPS) is 19.2. The van der Waals surface area contributed by atoms with Gasteiger partial charge in [0.25, 0.3) is 5.91 Å². The smallest absolute Gasteiger partial charge is 0.270 e. The van der Waals surface area contributed by atoms with E-state index in [4.69, 9.17) is 4.74 Å². The summed E-state index contributed by atoms with van der Waals surface area (Å²) in [6.07, 6.45) is 1.72. The van der Waals surface area contributed by atoms with Crippen LogP contribution in [0.15, 0.2) is 41.8 Å². The van der Waals surface area contributed by atoms with Crippen LogP contribution in [-0.2, 0) is 11.8 Å². The summed E-state index contributed by atoms with van der Waals surface area (Å²) in [6.45, 7) is 4.27. The SMILES string of the molecule is COc1ccc(N2CCN(C(=O)[C@@H]3CCCN(C(=O)c4cc5sccc5n4C)C3)CC2)cc1. The van der Waals surface area contributed by atoms with Crippen LogP contribution in [0.2, 0.25) is 0 Å². The van der Waals surface area contributed by atoms with E-state index in [0.29, 0.717) is 31.9 Å². The van der Waals surface area contributed by atoms with Crippen LogP contribution in [0.3, 0.4) is 0 Å². The zero-order chi connectivity index (χ0) is 22.9. The summed E-state index contributed by atoms with van der Waals surface area (Å²) in [5.41, 5.74) is 2.94. The Morgan fingerprint density at radius 3 is 2.45 bits per heavy atom. The van der Waals surface area contributed by atoms with E-state index in [2.05, 4.69) is 17.0 Å². The van der Waals surface area contributed by atoms with Crippen LogP contribution in [0.25, 0.3) is 10.2 Å². The summed E-state index contributed by atoms with van der Waals surface area (Å²) in [7, 11) is 3.61. The van der Waals surface area contributed by atoms with Crippen molar-refractivity contribution < 1.29 is 14.3 Å². The molecule has 0 aliphatic carbocycles. The van der Waals surface area contributed by atoms with Crippen LogP contribution >= 0.6 is 11.3 Å². The average Bonchev–Trinajstić information content (AvgIpc) is 3.46. The number of benzene rings is 1. The van der Waals surface area contributed by atoms with Gasteiger partial charge in [-0.3, -0.25) is 9.59 Å². The Balaban J connectivity index is 1.20. The van der Waals surface area contributed by atoms with Gasteiger partial charge in [-0.2, -0.15) is 0 Å². The Labute approximate surface area is 198 Å². The average molecular weight is 467 g/mol. The molecule has 2 aliphatic heterocycles. The van der Waals surface area contributed by atoms with Crippen molar-refractivity contribution >= 4 is 39.1 Å². The van der Waals surface area contributed by atoms with Crippen LogP contribution in [0.5, 0.6) is 5.75 Å². The number of fused-ring (bicyclic) bond motifs is 1. The molecule has 4 heterocycles. The topological polar surface area (TPSA) is 58.0 Å². The van der Waals surface area contributed by atoms with Gasteiger partial charge in [-0.15, -0.1) is 11.3 Å². The van der Waals surface area contributed by atoms with E-state index in [0.717, 1.165) is 47.6 Å². The number of hydrogen-bond donors (Lipinski definition) is 0. The van der Waals surface area contributed by atoms with Gasteiger partial charge in [0.15, 0.2) is 0 Å². The second-order valence-electron chi connectivity index (χ2n) is 8.86. The monoisotopic (exact) mass is 466 g/mol. The Morgan fingerprint density at radius 2 is 1.76 bits per heavy atom. The molecule has 2 amide bonds. The Hall–Kier alpha value is -3.00. The number of ether oxygens (including phenoxy) is 1. The molecule has 33 heavy (non-hydrogen) atoms. The van der Waals surface area contributed by atoms with Gasteiger partial charge in [-0.05, 0) is 54.6 Å². The number of aryl methyl sites for hydroxylation is 1. The first-order valence-corrected chi connectivity index (χ1v) is 12.4. The lowest BCUT2D eigenvalue weighted by Crippen LogP contribution is -2.53. The number of hydrogen-bond acceptors (Lipinski definition) is 5. The number of carbonyl (C=O) groups excluding carboxylic acids is 2. The molecule has 174 valence electrons. The molecular weight excluding hydrogens is 436 g/mol. The van der Waals surface area contributed by atoms with Gasteiger partial charge >= 0.3 is 0 Å². The summed E-state index contributed by atoms with van der Waals surface area (Å²) in [5.74, 6) is 0.952. The highest BCUT2D eigenvalue weighted by Crippen LogP contribution is 2.27. The van der Waals surface area contributed by atoms with E-state index in [1.165, 1.54) is 0 Å². The number of aromatic nitrogens is 1. The van der Waals surface area contributed by atoms with Gasteiger partial charge in [0.1, 0.15) is 11.4 Å². The molecule has 0 N–H and O–H groups in total. The summed E-state index contributed by atoms with van der Waals surface area (Å²) >= 11 is 1.65. The van der Waals surface area contributed by atoms with E-state index in [1.54, 1.807) is 18.4 Å². The van der Waals surface area contributed by atoms with E-state index < -0.39 is 0 Å². The molecule has 2 fully saturated rings. The third kappa shape index (κ3) is 4.19. The van der Waals surface area contributed by atoms with E-state index >= 15 is 0 Å². The van der Waals surface area contributed by atoms with Crippen molar-refractivity contribution in [3.05, 3.63) is 47.5 Å². The molecule has 1 aromatic carbocycles. The van der Waals surface area contributed by atoms with E-state index in [9.17, 15) is 9.59 Å². The molecule has 1 atom stereocenters. The number of carbonyl (C=O) groups is 2. The molecule has 2 aromatic heterocycles. The number of likely N-dealkylation sites (tertiary alicyclic amines) is 1. The third-order valence-corrected chi connectivity index (χ3v) is 7.82. The van der Waals surface area contributed by atoms with Crippen LogP contribution in [0, 0.1) is 5.92 Å². The Morgan fingerprint density at radius 1 is 1.00 bits per heavy atom. The van der Waals surface area contributed by atoms with E-state index in [-0.39, 0.29) is 17.7 Å². The fourth-order valence-electron chi connectivity index (χ4n) is 5.02. The molecule has 0 unspecified atom stereocenters. The quantitative estimate of drug-likeness (QED) is 0.591. The summed E-state index contributed by atoms with van der Waals surface area (Å²) < 4.78 is 8.34. The fraction of sp³-hybridized carbons (Fsp3) is 0.440. The summed E-state index contributed by atoms with van der Waals surface area (Å²) in [4.78, 5) is 32.7. The lowest BCUT2D eigenvalue weighted by atomic mass is 9.96. The molecule has 0 bridgehead atoms. The van der Waals surface area contributed by atoms with Crippen molar-refractivity contribution in [2.45, 2.75) is 12.8 Å². The number of piperazine rings is 1. The fourth-order valence-corrected chi connectivity index (χ4v) is 5.87. The number of methoxy groups -OCH3 is 1. The Kier molecular flexibility index (Phi) is 6.01. The third-order valence-electron chi connectivity index (χ3n) is 6.97. The first-order valence-electron chi connectivity index (χ1n) is 11.5. The highest BCUT2D eigenvalue weighted by molar-refractivity contribution is 7.17. The maximum atomic E-state index is 13.3. The van der Waals surface area contributed by atoms with Crippen molar-refractivity contribution in [3.63, 3.8) is 0 Å². The van der Waals surface area contributed by atoms with Crippen molar-refractivity contribution in [1.29, 1.82) is 0 Å². The predicted octanol–water partition coefficient (Wildman–Crippen LogP) is 3.45. The predicted molar refractivity (Wildman–Crippen MR) is 131 cm³/mol. The Bertz CT molecular complexity index is 1140. The minimum atomic E-state index is -0.114. The second kappa shape index (κ2) is 9.09. The van der Waals surface area contributed by atoms with Crippen LogP contribution in [0.4, 0.5) is 5.69 Å². The standard InChI is InChI=1S/C25H30N4O3S/c1-26-21-9-15-33-23(21)16-22(26)25(31)29-10-3-4-18(17-29)24(30)28-13-11-27(12-14-28)19-5-7-20(32-2)8-6-19/h5-9,15-16,18H,3-4,10-14,17H2,1-2H3/t18-/m1/s1. The molecule has 3 aromatic rings. The zero-order valence-electron chi connectivity index (χ0n) is 19.2. The van der Waals surface area contributed by atoms with Gasteiger partial charge < -0.3 is 24.0 Å². The number of amides is 2. The van der Waals surface area contributed by atoms with Crippen molar-refractivity contribution in [2.75, 3.05) is 51.3 Å². The number of thiophene rings is 1. The van der Waals surface area contributed by atoms with Crippen molar-refractivity contribution in [1.82, 2.24) is 14.4 Å². The van der Waals surface area contributed by atoms with Gasteiger partial charge in [0.05, 0.1) is 23.2 Å². The molecule has 5 rings (SSSR count). The number of piperidine rings is 1. The zero-order valence-corrected chi connectivity index (χ0v) is 20.0. The maximum absolute atomic E-state index is 13.3.